The van der Waals surface area contributed by atoms with E-state index in [9.17, 15) is 0 Å². The van der Waals surface area contributed by atoms with E-state index in [0.29, 0.717) is 6.61 Å². The van der Waals surface area contributed by atoms with Gasteiger partial charge >= 0.3 is 0 Å². The van der Waals surface area contributed by atoms with Gasteiger partial charge in [0.05, 0.1) is 0 Å². The van der Waals surface area contributed by atoms with Crippen LogP contribution in [-0.4, -0.2) is 10.2 Å². The first-order valence-electron chi connectivity index (χ1n) is 7.63. The fourth-order valence-electron chi connectivity index (χ4n) is 2.41. The van der Waals surface area contributed by atoms with Crippen LogP contribution in [0.3, 0.4) is 0 Å². The van der Waals surface area contributed by atoms with Crippen LogP contribution in [-0.2, 0) is 6.61 Å². The average molecular weight is 333 g/mol. The van der Waals surface area contributed by atoms with Gasteiger partial charge in [0, 0.05) is 5.69 Å². The molecule has 0 aliphatic rings. The maximum atomic E-state index is 5.84. The van der Waals surface area contributed by atoms with Crippen LogP contribution < -0.4 is 10.1 Å². The maximum absolute atomic E-state index is 5.84. The molecule has 4 aromatic rings. The molecule has 0 radical (unpaired) electrons. The SMILES string of the molecule is c1ccc(Nc2nnc(COc3ccc4ccccc4c3)s2)cc1. The highest BCUT2D eigenvalue weighted by Gasteiger charge is 2.06. The van der Waals surface area contributed by atoms with E-state index >= 15 is 0 Å². The minimum Gasteiger partial charge on any atom is -0.486 e. The molecule has 4 nitrogen and oxygen atoms in total. The number of rotatable bonds is 5. The van der Waals surface area contributed by atoms with Crippen LogP contribution >= 0.6 is 11.3 Å². The molecule has 24 heavy (non-hydrogen) atoms. The predicted molar refractivity (Wildman–Crippen MR) is 97.9 cm³/mol. The summed E-state index contributed by atoms with van der Waals surface area (Å²) in [7, 11) is 0. The zero-order chi connectivity index (χ0) is 16.2. The summed E-state index contributed by atoms with van der Waals surface area (Å²) in [4.78, 5) is 0. The summed E-state index contributed by atoms with van der Waals surface area (Å²) in [5, 5.41) is 15.5. The van der Waals surface area contributed by atoms with Gasteiger partial charge in [-0.15, -0.1) is 10.2 Å². The molecule has 0 bridgehead atoms. The molecule has 1 heterocycles. The molecule has 0 unspecified atom stereocenters. The molecule has 0 spiro atoms. The lowest BCUT2D eigenvalue weighted by Gasteiger charge is -2.05. The number of benzene rings is 3. The lowest BCUT2D eigenvalue weighted by molar-refractivity contribution is 0.305. The summed E-state index contributed by atoms with van der Waals surface area (Å²) >= 11 is 1.49. The maximum Gasteiger partial charge on any atom is 0.210 e. The van der Waals surface area contributed by atoms with Crippen molar-refractivity contribution in [1.82, 2.24) is 10.2 Å². The number of ether oxygens (including phenoxy) is 1. The number of fused-ring (bicyclic) bond motifs is 1. The first-order chi connectivity index (χ1) is 11.9. The van der Waals surface area contributed by atoms with Gasteiger partial charge < -0.3 is 10.1 Å². The lowest BCUT2D eigenvalue weighted by atomic mass is 10.1. The van der Waals surface area contributed by atoms with Crippen molar-refractivity contribution in [1.29, 1.82) is 0 Å². The van der Waals surface area contributed by atoms with E-state index in [2.05, 4.69) is 33.7 Å². The van der Waals surface area contributed by atoms with Crippen LogP contribution in [0.2, 0.25) is 0 Å². The Hall–Kier alpha value is -2.92. The zero-order valence-electron chi connectivity index (χ0n) is 12.8. The smallest absolute Gasteiger partial charge is 0.210 e. The Morgan fingerprint density at radius 2 is 1.62 bits per heavy atom. The molecule has 0 atom stereocenters. The summed E-state index contributed by atoms with van der Waals surface area (Å²) in [6, 6.07) is 24.2. The zero-order valence-corrected chi connectivity index (χ0v) is 13.7. The molecule has 0 aliphatic heterocycles. The monoisotopic (exact) mass is 333 g/mol. The van der Waals surface area contributed by atoms with Crippen molar-refractivity contribution in [3.05, 3.63) is 77.8 Å². The molecular formula is C19H15N3OS. The van der Waals surface area contributed by atoms with Crippen molar-refractivity contribution >= 4 is 32.9 Å². The van der Waals surface area contributed by atoms with E-state index in [-0.39, 0.29) is 0 Å². The molecule has 5 heteroatoms. The van der Waals surface area contributed by atoms with Crippen LogP contribution in [0.15, 0.2) is 72.8 Å². The molecule has 0 saturated carbocycles. The first-order valence-corrected chi connectivity index (χ1v) is 8.44. The second-order valence-corrected chi connectivity index (χ2v) is 6.35. The molecule has 0 fully saturated rings. The molecule has 1 N–H and O–H groups in total. The third-order valence-corrected chi connectivity index (χ3v) is 4.39. The highest BCUT2D eigenvalue weighted by Crippen LogP contribution is 2.24. The number of nitrogens with one attached hydrogen (secondary N) is 1. The Balaban J connectivity index is 1.42. The van der Waals surface area contributed by atoms with Gasteiger partial charge in [0.2, 0.25) is 5.13 Å². The Kier molecular flexibility index (Phi) is 4.08. The molecule has 4 rings (SSSR count). The van der Waals surface area contributed by atoms with E-state index in [0.717, 1.165) is 21.6 Å². The van der Waals surface area contributed by atoms with E-state index < -0.39 is 0 Å². The molecular weight excluding hydrogens is 318 g/mol. The van der Waals surface area contributed by atoms with Gasteiger partial charge in [-0.05, 0) is 35.0 Å². The van der Waals surface area contributed by atoms with Crippen LogP contribution in [0.5, 0.6) is 5.75 Å². The second-order valence-electron chi connectivity index (χ2n) is 5.29. The fraction of sp³-hybridized carbons (Fsp3) is 0.0526. The molecule has 0 aliphatic carbocycles. The molecule has 3 aromatic carbocycles. The van der Waals surface area contributed by atoms with Crippen LogP contribution in [0.25, 0.3) is 10.8 Å². The number of nitrogens with zero attached hydrogens (tertiary/aromatic N) is 2. The van der Waals surface area contributed by atoms with E-state index in [1.165, 1.54) is 22.1 Å². The van der Waals surface area contributed by atoms with Crippen LogP contribution in [0, 0.1) is 0 Å². The normalized spacial score (nSPS) is 10.7. The second kappa shape index (κ2) is 6.68. The highest BCUT2D eigenvalue weighted by atomic mass is 32.1. The quantitative estimate of drug-likeness (QED) is 0.557. The van der Waals surface area contributed by atoms with Crippen molar-refractivity contribution in [2.24, 2.45) is 0 Å². The number of anilines is 2. The minimum absolute atomic E-state index is 0.409. The Morgan fingerprint density at radius 1 is 0.833 bits per heavy atom. The summed E-state index contributed by atoms with van der Waals surface area (Å²) in [5.41, 5.74) is 0.996. The number of para-hydroxylation sites is 1. The van der Waals surface area contributed by atoms with E-state index in [1.54, 1.807) is 0 Å². The molecule has 118 valence electrons. The van der Waals surface area contributed by atoms with Crippen molar-refractivity contribution in [3.63, 3.8) is 0 Å². The van der Waals surface area contributed by atoms with Gasteiger partial charge in [-0.2, -0.15) is 0 Å². The van der Waals surface area contributed by atoms with Gasteiger partial charge in [0.15, 0.2) is 5.01 Å². The Labute approximate surface area is 143 Å². The van der Waals surface area contributed by atoms with Crippen LogP contribution in [0.4, 0.5) is 10.8 Å². The van der Waals surface area contributed by atoms with Gasteiger partial charge in [0.1, 0.15) is 12.4 Å². The average Bonchev–Trinajstić information content (AvgIpc) is 3.08. The Morgan fingerprint density at radius 3 is 2.50 bits per heavy atom. The predicted octanol–water partition coefficient (Wildman–Crippen LogP) is 5.01. The number of hydrogen-bond acceptors (Lipinski definition) is 5. The summed E-state index contributed by atoms with van der Waals surface area (Å²) < 4.78 is 5.84. The molecule has 0 saturated heterocycles. The van der Waals surface area contributed by atoms with Crippen LogP contribution in [0.1, 0.15) is 5.01 Å². The van der Waals surface area contributed by atoms with Gasteiger partial charge in [-0.25, -0.2) is 0 Å². The van der Waals surface area contributed by atoms with Gasteiger partial charge in [-0.3, -0.25) is 0 Å². The van der Waals surface area contributed by atoms with Gasteiger partial charge in [0.25, 0.3) is 0 Å². The summed E-state index contributed by atoms with van der Waals surface area (Å²) in [6.07, 6.45) is 0. The van der Waals surface area contributed by atoms with Crippen molar-refractivity contribution in [2.45, 2.75) is 6.61 Å². The highest BCUT2D eigenvalue weighted by molar-refractivity contribution is 7.15. The standard InChI is InChI=1S/C19H15N3OS/c1-2-8-16(9-3-1)20-19-22-21-18(24-19)13-23-17-11-10-14-6-4-5-7-15(14)12-17/h1-12H,13H2,(H,20,22). The topological polar surface area (TPSA) is 47.0 Å². The third-order valence-electron chi connectivity index (χ3n) is 3.58. The molecule has 0 amide bonds. The van der Waals surface area contributed by atoms with Gasteiger partial charge in [-0.1, -0.05) is 59.9 Å². The van der Waals surface area contributed by atoms with E-state index in [4.69, 9.17) is 4.74 Å². The largest absolute Gasteiger partial charge is 0.486 e. The Bertz CT molecular complexity index is 953. The fourth-order valence-corrected chi connectivity index (χ4v) is 3.08. The van der Waals surface area contributed by atoms with E-state index in [1.807, 2.05) is 54.6 Å². The lowest BCUT2D eigenvalue weighted by Crippen LogP contribution is -1.94. The van der Waals surface area contributed by atoms with Crippen molar-refractivity contribution < 1.29 is 4.74 Å². The minimum atomic E-state index is 0.409. The summed E-state index contributed by atoms with van der Waals surface area (Å²) in [6.45, 7) is 0.409. The first kappa shape index (κ1) is 14.7. The summed E-state index contributed by atoms with van der Waals surface area (Å²) in [5.74, 6) is 0.835. The van der Waals surface area contributed by atoms with Crippen molar-refractivity contribution in [2.75, 3.05) is 5.32 Å². The number of aromatic nitrogens is 2. The third kappa shape index (κ3) is 3.36. The number of hydrogen-bond donors (Lipinski definition) is 1. The van der Waals surface area contributed by atoms with Crippen molar-refractivity contribution in [3.8, 4) is 5.75 Å². The molecule has 1 aromatic heterocycles.